The minimum atomic E-state index is -0.852. The Kier molecular flexibility index (Phi) is 8.50. The lowest BCUT2D eigenvalue weighted by Crippen LogP contribution is -2.48. The summed E-state index contributed by atoms with van der Waals surface area (Å²) in [7, 11) is 3.14. The van der Waals surface area contributed by atoms with Crippen molar-refractivity contribution in [2.45, 2.75) is 19.4 Å². The van der Waals surface area contributed by atoms with Crippen molar-refractivity contribution in [2.75, 3.05) is 20.3 Å². The second-order valence-corrected chi connectivity index (χ2v) is 8.10. The maximum atomic E-state index is 12.8. The molecule has 3 aromatic rings. The van der Waals surface area contributed by atoms with E-state index in [1.165, 1.54) is 30.3 Å². The highest BCUT2D eigenvalue weighted by molar-refractivity contribution is 6.33. The molecule has 0 radical (unpaired) electrons. The minimum absolute atomic E-state index is 0.190. The molecule has 1 atom stereocenters. The molecular weight excluding hydrogens is 458 g/mol. The van der Waals surface area contributed by atoms with Crippen LogP contribution in [0.15, 0.2) is 53.7 Å². The Morgan fingerprint density at radius 2 is 1.91 bits per heavy atom. The maximum Gasteiger partial charge on any atom is 0.274 e. The fourth-order valence-electron chi connectivity index (χ4n) is 3.42. The fourth-order valence-corrected chi connectivity index (χ4v) is 3.62. The zero-order valence-corrected chi connectivity index (χ0v) is 19.9. The predicted octanol–water partition coefficient (Wildman–Crippen LogP) is 1.91. The average molecular weight is 484 g/mol. The van der Waals surface area contributed by atoms with Crippen LogP contribution in [0.5, 0.6) is 0 Å². The highest BCUT2D eigenvalue weighted by atomic mass is 35.5. The lowest BCUT2D eigenvalue weighted by atomic mass is 9.99. The van der Waals surface area contributed by atoms with Gasteiger partial charge in [0.15, 0.2) is 0 Å². The lowest BCUT2D eigenvalue weighted by Gasteiger charge is -2.19. The SMILES string of the molecule is COCCNC(=O)C(Cc1ccc(-c2c(C)cnn(C)c2=O)cc1)NC(=O)c1ccncc1Cl. The van der Waals surface area contributed by atoms with E-state index in [9.17, 15) is 14.4 Å². The molecule has 1 unspecified atom stereocenters. The number of hydrogen-bond donors (Lipinski definition) is 2. The van der Waals surface area contributed by atoms with Crippen LogP contribution in [-0.2, 0) is 23.0 Å². The van der Waals surface area contributed by atoms with Crippen molar-refractivity contribution < 1.29 is 14.3 Å². The zero-order chi connectivity index (χ0) is 24.7. The van der Waals surface area contributed by atoms with Crippen LogP contribution in [0, 0.1) is 6.92 Å². The summed E-state index contributed by atoms with van der Waals surface area (Å²) in [5.41, 5.74) is 2.93. The Morgan fingerprint density at radius 1 is 1.18 bits per heavy atom. The first-order chi connectivity index (χ1) is 16.3. The van der Waals surface area contributed by atoms with Crippen LogP contribution in [0.1, 0.15) is 21.5 Å². The largest absolute Gasteiger partial charge is 0.383 e. The van der Waals surface area contributed by atoms with Gasteiger partial charge >= 0.3 is 0 Å². The molecule has 34 heavy (non-hydrogen) atoms. The van der Waals surface area contributed by atoms with Gasteiger partial charge in [-0.3, -0.25) is 19.4 Å². The quantitative estimate of drug-likeness (QED) is 0.449. The number of nitrogens with zero attached hydrogens (tertiary/aromatic N) is 3. The molecule has 0 aliphatic heterocycles. The van der Waals surface area contributed by atoms with Crippen molar-refractivity contribution in [1.29, 1.82) is 0 Å². The molecule has 178 valence electrons. The standard InChI is InChI=1S/C24H26ClN5O4/c1-15-13-28-30(2)24(33)21(15)17-6-4-16(5-7-17)12-20(23(32)27-10-11-34-3)29-22(31)18-8-9-26-14-19(18)25/h4-9,13-14,20H,10-12H2,1-3H3,(H,27,32)(H,29,31). The number of pyridine rings is 1. The molecule has 9 nitrogen and oxygen atoms in total. The highest BCUT2D eigenvalue weighted by Crippen LogP contribution is 2.20. The summed E-state index contributed by atoms with van der Waals surface area (Å²) in [4.78, 5) is 42.0. The van der Waals surface area contributed by atoms with Crippen molar-refractivity contribution >= 4 is 23.4 Å². The number of carbonyl (C=O) groups is 2. The van der Waals surface area contributed by atoms with Gasteiger partial charge in [0.1, 0.15) is 6.04 Å². The number of rotatable bonds is 9. The molecule has 2 aromatic heterocycles. The number of halogens is 1. The van der Waals surface area contributed by atoms with Crippen LogP contribution in [0.2, 0.25) is 5.02 Å². The molecule has 2 amide bonds. The molecule has 1 aromatic carbocycles. The first kappa shape index (κ1) is 25.1. The second-order valence-electron chi connectivity index (χ2n) is 7.70. The molecule has 0 bridgehead atoms. The Bertz CT molecular complexity index is 1230. The summed E-state index contributed by atoms with van der Waals surface area (Å²) >= 11 is 6.08. The molecule has 2 N–H and O–H groups in total. The lowest BCUT2D eigenvalue weighted by molar-refractivity contribution is -0.123. The van der Waals surface area contributed by atoms with E-state index in [1.54, 1.807) is 13.2 Å². The number of nitrogens with one attached hydrogen (secondary N) is 2. The van der Waals surface area contributed by atoms with Gasteiger partial charge in [0.2, 0.25) is 5.91 Å². The third-order valence-electron chi connectivity index (χ3n) is 5.25. The number of aromatic nitrogens is 3. The van der Waals surface area contributed by atoms with Crippen LogP contribution >= 0.6 is 11.6 Å². The van der Waals surface area contributed by atoms with Crippen LogP contribution in [-0.4, -0.2) is 52.9 Å². The summed E-state index contributed by atoms with van der Waals surface area (Å²) in [5.74, 6) is -0.828. The van der Waals surface area contributed by atoms with Gasteiger partial charge < -0.3 is 15.4 Å². The smallest absolute Gasteiger partial charge is 0.274 e. The molecule has 3 rings (SSSR count). The first-order valence-electron chi connectivity index (χ1n) is 10.6. The Hall–Kier alpha value is -3.56. The van der Waals surface area contributed by atoms with Crippen molar-refractivity contribution in [1.82, 2.24) is 25.4 Å². The Balaban J connectivity index is 1.82. The minimum Gasteiger partial charge on any atom is -0.383 e. The number of methoxy groups -OCH3 is 1. The van der Waals surface area contributed by atoms with E-state index in [2.05, 4.69) is 20.7 Å². The number of hydrogen-bond acceptors (Lipinski definition) is 6. The number of ether oxygens (including phenoxy) is 1. The van der Waals surface area contributed by atoms with Crippen molar-refractivity contribution in [3.8, 4) is 11.1 Å². The first-order valence-corrected chi connectivity index (χ1v) is 11.0. The third-order valence-corrected chi connectivity index (χ3v) is 5.55. The van der Waals surface area contributed by atoms with E-state index in [0.29, 0.717) is 18.7 Å². The summed E-state index contributed by atoms with van der Waals surface area (Å²) < 4.78 is 6.27. The van der Waals surface area contributed by atoms with E-state index in [-0.39, 0.29) is 28.5 Å². The van der Waals surface area contributed by atoms with Crippen molar-refractivity contribution in [2.24, 2.45) is 7.05 Å². The maximum absolute atomic E-state index is 12.8. The predicted molar refractivity (Wildman–Crippen MR) is 129 cm³/mol. The van der Waals surface area contributed by atoms with E-state index < -0.39 is 11.9 Å². The number of amides is 2. The van der Waals surface area contributed by atoms with Gasteiger partial charge in [0, 0.05) is 39.5 Å². The molecule has 2 heterocycles. The fraction of sp³-hybridized carbons (Fsp3) is 0.292. The Morgan fingerprint density at radius 3 is 2.59 bits per heavy atom. The van der Waals surface area contributed by atoms with Crippen LogP contribution in [0.25, 0.3) is 11.1 Å². The van der Waals surface area contributed by atoms with Crippen molar-refractivity contribution in [3.63, 3.8) is 0 Å². The summed E-state index contributed by atoms with van der Waals surface area (Å²) in [6.07, 6.45) is 4.71. The van der Waals surface area contributed by atoms with Gasteiger partial charge in [-0.15, -0.1) is 0 Å². The molecule has 0 saturated heterocycles. The third kappa shape index (κ3) is 6.06. The molecular formula is C24H26ClN5O4. The van der Waals surface area contributed by atoms with E-state index in [1.807, 2.05) is 31.2 Å². The van der Waals surface area contributed by atoms with Gasteiger partial charge in [-0.1, -0.05) is 35.9 Å². The molecule has 0 saturated carbocycles. The monoisotopic (exact) mass is 483 g/mol. The topological polar surface area (TPSA) is 115 Å². The number of aryl methyl sites for hydroxylation is 2. The van der Waals surface area contributed by atoms with Gasteiger partial charge in [0.25, 0.3) is 11.5 Å². The molecule has 0 aliphatic rings. The highest BCUT2D eigenvalue weighted by Gasteiger charge is 2.23. The van der Waals surface area contributed by atoms with Crippen LogP contribution in [0.3, 0.4) is 0 Å². The molecule has 0 fully saturated rings. The van der Waals surface area contributed by atoms with Crippen LogP contribution in [0.4, 0.5) is 0 Å². The Labute approximate surface area is 202 Å². The van der Waals surface area contributed by atoms with Gasteiger partial charge in [-0.05, 0) is 29.7 Å². The normalized spacial score (nSPS) is 11.6. The van der Waals surface area contributed by atoms with Crippen molar-refractivity contribution in [3.05, 3.63) is 81.0 Å². The van der Waals surface area contributed by atoms with E-state index in [4.69, 9.17) is 16.3 Å². The summed E-state index contributed by atoms with van der Waals surface area (Å²) in [5, 5.41) is 9.73. The van der Waals surface area contributed by atoms with Crippen LogP contribution < -0.4 is 16.2 Å². The number of carbonyl (C=O) groups excluding carboxylic acids is 2. The number of benzene rings is 1. The zero-order valence-electron chi connectivity index (χ0n) is 19.2. The summed E-state index contributed by atoms with van der Waals surface area (Å²) in [6, 6.07) is 7.94. The van der Waals surface area contributed by atoms with Gasteiger partial charge in [0.05, 0.1) is 29.0 Å². The molecule has 0 aliphatic carbocycles. The molecule has 10 heteroatoms. The second kappa shape index (κ2) is 11.5. The molecule has 0 spiro atoms. The average Bonchev–Trinajstić information content (AvgIpc) is 2.82. The summed E-state index contributed by atoms with van der Waals surface area (Å²) in [6.45, 7) is 2.48. The van der Waals surface area contributed by atoms with E-state index in [0.717, 1.165) is 16.7 Å². The van der Waals surface area contributed by atoms with Gasteiger partial charge in [-0.2, -0.15) is 5.10 Å². The van der Waals surface area contributed by atoms with E-state index >= 15 is 0 Å². The van der Waals surface area contributed by atoms with Gasteiger partial charge in [-0.25, -0.2) is 4.68 Å².